The van der Waals surface area contributed by atoms with Gasteiger partial charge in [0.25, 0.3) is 0 Å². The number of rotatable bonds is 1. The van der Waals surface area contributed by atoms with Crippen LogP contribution in [-0.4, -0.2) is 5.11 Å². The van der Waals surface area contributed by atoms with E-state index >= 15 is 0 Å². The molecule has 0 fully saturated rings. The summed E-state index contributed by atoms with van der Waals surface area (Å²) in [5, 5.41) is 9.34. The summed E-state index contributed by atoms with van der Waals surface area (Å²) in [5.74, 6) is 0.308. The number of phenols is 1. The van der Waals surface area contributed by atoms with Crippen LogP contribution in [0.25, 0.3) is 5.57 Å². The van der Waals surface area contributed by atoms with E-state index in [0.717, 1.165) is 16.7 Å². The Morgan fingerprint density at radius 2 is 2.09 bits per heavy atom. The standard InChI is InChI=1S/C10H12O/c1-7(2)9-6-8(3)4-5-10(9)11/h4-6,11H,1H2,2-3H3. The van der Waals surface area contributed by atoms with E-state index in [0.29, 0.717) is 5.75 Å². The Bertz CT molecular complexity index is 287. The van der Waals surface area contributed by atoms with E-state index in [-0.39, 0.29) is 0 Å². The monoisotopic (exact) mass is 148 g/mol. The Balaban J connectivity index is 3.23. The maximum atomic E-state index is 9.34. The molecule has 0 radical (unpaired) electrons. The molecule has 0 aliphatic rings. The highest BCUT2D eigenvalue weighted by Crippen LogP contribution is 2.23. The van der Waals surface area contributed by atoms with Crippen molar-refractivity contribution in [3.63, 3.8) is 0 Å². The minimum Gasteiger partial charge on any atom is -0.507 e. The molecule has 0 saturated heterocycles. The molecule has 0 aliphatic carbocycles. The minimum atomic E-state index is 0.308. The molecule has 0 atom stereocenters. The predicted molar refractivity (Wildman–Crippen MR) is 47.6 cm³/mol. The molecule has 0 heterocycles. The third-order valence-corrected chi connectivity index (χ3v) is 1.61. The van der Waals surface area contributed by atoms with Gasteiger partial charge in [0.2, 0.25) is 0 Å². The molecule has 11 heavy (non-hydrogen) atoms. The van der Waals surface area contributed by atoms with Gasteiger partial charge in [-0.1, -0.05) is 18.2 Å². The summed E-state index contributed by atoms with van der Waals surface area (Å²) in [5.41, 5.74) is 2.87. The summed E-state index contributed by atoms with van der Waals surface area (Å²) in [6.45, 7) is 7.64. The Morgan fingerprint density at radius 1 is 1.45 bits per heavy atom. The highest BCUT2D eigenvalue weighted by atomic mass is 16.3. The lowest BCUT2D eigenvalue weighted by Crippen LogP contribution is -1.80. The summed E-state index contributed by atoms with van der Waals surface area (Å²) in [6, 6.07) is 5.50. The molecular formula is C10H12O. The summed E-state index contributed by atoms with van der Waals surface area (Å²) in [4.78, 5) is 0. The molecule has 0 aliphatic heterocycles. The van der Waals surface area contributed by atoms with Crippen LogP contribution in [0.1, 0.15) is 18.1 Å². The maximum Gasteiger partial charge on any atom is 0.123 e. The van der Waals surface area contributed by atoms with Crippen LogP contribution in [0.3, 0.4) is 0 Å². The Hall–Kier alpha value is -1.24. The Kier molecular flexibility index (Phi) is 1.99. The quantitative estimate of drug-likeness (QED) is 0.649. The van der Waals surface area contributed by atoms with Crippen LogP contribution in [0.5, 0.6) is 5.75 Å². The van der Waals surface area contributed by atoms with E-state index < -0.39 is 0 Å². The average molecular weight is 148 g/mol. The molecule has 0 unspecified atom stereocenters. The van der Waals surface area contributed by atoms with Gasteiger partial charge in [0.05, 0.1) is 0 Å². The van der Waals surface area contributed by atoms with E-state index in [1.54, 1.807) is 6.07 Å². The summed E-state index contributed by atoms with van der Waals surface area (Å²) < 4.78 is 0. The number of aromatic hydroxyl groups is 1. The van der Waals surface area contributed by atoms with Gasteiger partial charge < -0.3 is 5.11 Å². The molecule has 0 saturated carbocycles. The molecule has 0 aromatic heterocycles. The number of benzene rings is 1. The van der Waals surface area contributed by atoms with Crippen molar-refractivity contribution in [3.8, 4) is 5.75 Å². The zero-order valence-corrected chi connectivity index (χ0v) is 6.89. The number of phenolic OH excluding ortho intramolecular Hbond substituents is 1. The zero-order chi connectivity index (χ0) is 8.43. The van der Waals surface area contributed by atoms with Crippen LogP contribution >= 0.6 is 0 Å². The molecule has 0 bridgehead atoms. The molecule has 1 heteroatoms. The van der Waals surface area contributed by atoms with Crippen LogP contribution in [0.15, 0.2) is 24.8 Å². The normalized spacial score (nSPS) is 9.64. The second kappa shape index (κ2) is 2.79. The van der Waals surface area contributed by atoms with Gasteiger partial charge in [0.15, 0.2) is 0 Å². The summed E-state index contributed by atoms with van der Waals surface area (Å²) in [6.07, 6.45) is 0. The van der Waals surface area contributed by atoms with Gasteiger partial charge in [-0.05, 0) is 31.6 Å². The highest BCUT2D eigenvalue weighted by Gasteiger charge is 1.99. The van der Waals surface area contributed by atoms with Gasteiger partial charge in [-0.15, -0.1) is 0 Å². The first-order valence-corrected chi connectivity index (χ1v) is 3.57. The van der Waals surface area contributed by atoms with E-state index in [4.69, 9.17) is 0 Å². The number of allylic oxidation sites excluding steroid dienone is 1. The second-order valence-corrected chi connectivity index (χ2v) is 2.80. The first kappa shape index (κ1) is 7.86. The fourth-order valence-electron chi connectivity index (χ4n) is 0.992. The van der Waals surface area contributed by atoms with Gasteiger partial charge >= 0.3 is 0 Å². The molecule has 1 aromatic carbocycles. The molecule has 1 rings (SSSR count). The number of hydrogen-bond acceptors (Lipinski definition) is 1. The third kappa shape index (κ3) is 1.61. The first-order valence-electron chi connectivity index (χ1n) is 3.57. The molecule has 58 valence electrons. The number of hydrogen-bond donors (Lipinski definition) is 1. The fourth-order valence-corrected chi connectivity index (χ4v) is 0.992. The van der Waals surface area contributed by atoms with Crippen molar-refractivity contribution in [2.75, 3.05) is 0 Å². The van der Waals surface area contributed by atoms with Crippen molar-refractivity contribution in [3.05, 3.63) is 35.9 Å². The van der Waals surface area contributed by atoms with Crippen molar-refractivity contribution in [2.45, 2.75) is 13.8 Å². The van der Waals surface area contributed by atoms with Crippen LogP contribution in [0.2, 0.25) is 0 Å². The third-order valence-electron chi connectivity index (χ3n) is 1.61. The van der Waals surface area contributed by atoms with Gasteiger partial charge in [0.1, 0.15) is 5.75 Å². The van der Waals surface area contributed by atoms with Crippen molar-refractivity contribution >= 4 is 5.57 Å². The smallest absolute Gasteiger partial charge is 0.123 e. The average Bonchev–Trinajstić information content (AvgIpc) is 1.94. The first-order chi connectivity index (χ1) is 5.11. The minimum absolute atomic E-state index is 0.308. The van der Waals surface area contributed by atoms with E-state index in [2.05, 4.69) is 6.58 Å². The van der Waals surface area contributed by atoms with Crippen LogP contribution in [0, 0.1) is 6.92 Å². The lowest BCUT2D eigenvalue weighted by Gasteiger charge is -2.03. The maximum absolute atomic E-state index is 9.34. The van der Waals surface area contributed by atoms with Gasteiger partial charge in [-0.2, -0.15) is 0 Å². The van der Waals surface area contributed by atoms with Crippen molar-refractivity contribution in [1.29, 1.82) is 0 Å². The largest absolute Gasteiger partial charge is 0.507 e. The molecule has 0 spiro atoms. The van der Waals surface area contributed by atoms with E-state index in [1.165, 1.54) is 0 Å². The SMILES string of the molecule is C=C(C)c1cc(C)ccc1O. The van der Waals surface area contributed by atoms with Crippen molar-refractivity contribution in [1.82, 2.24) is 0 Å². The molecule has 1 nitrogen and oxygen atoms in total. The van der Waals surface area contributed by atoms with Crippen LogP contribution in [-0.2, 0) is 0 Å². The molecule has 1 aromatic rings. The lowest BCUT2D eigenvalue weighted by molar-refractivity contribution is 0.473. The van der Waals surface area contributed by atoms with Crippen LogP contribution in [0.4, 0.5) is 0 Å². The highest BCUT2D eigenvalue weighted by molar-refractivity contribution is 5.67. The topological polar surface area (TPSA) is 20.2 Å². The molecule has 1 N–H and O–H groups in total. The van der Waals surface area contributed by atoms with E-state index in [1.807, 2.05) is 26.0 Å². The summed E-state index contributed by atoms with van der Waals surface area (Å²) >= 11 is 0. The van der Waals surface area contributed by atoms with Crippen molar-refractivity contribution in [2.24, 2.45) is 0 Å². The van der Waals surface area contributed by atoms with Gasteiger partial charge in [0, 0.05) is 5.56 Å². The second-order valence-electron chi connectivity index (χ2n) is 2.80. The van der Waals surface area contributed by atoms with Crippen LogP contribution < -0.4 is 0 Å². The number of aryl methyl sites for hydroxylation is 1. The Morgan fingerprint density at radius 3 is 2.55 bits per heavy atom. The van der Waals surface area contributed by atoms with E-state index in [9.17, 15) is 5.11 Å². The Labute approximate surface area is 67.0 Å². The predicted octanol–water partition coefficient (Wildman–Crippen LogP) is 2.73. The molecular weight excluding hydrogens is 136 g/mol. The zero-order valence-electron chi connectivity index (χ0n) is 6.89. The summed E-state index contributed by atoms with van der Waals surface area (Å²) in [7, 11) is 0. The van der Waals surface area contributed by atoms with Crippen molar-refractivity contribution < 1.29 is 5.11 Å². The fraction of sp³-hybridized carbons (Fsp3) is 0.200. The lowest BCUT2D eigenvalue weighted by atomic mass is 10.1. The molecule has 0 amide bonds. The van der Waals surface area contributed by atoms with Gasteiger partial charge in [-0.3, -0.25) is 0 Å². The van der Waals surface area contributed by atoms with Gasteiger partial charge in [-0.25, -0.2) is 0 Å².